The number of β-lactam (4-membered cyclic amide) rings is 1. The van der Waals surface area contributed by atoms with Gasteiger partial charge < -0.3 is 20.2 Å². The van der Waals surface area contributed by atoms with Crippen molar-refractivity contribution < 1.29 is 14.7 Å². The SMILES string of the molecule is CC(C(=O)N1CCC(N(C)C)CC1)[C@H]1NC(=O)[C@@H]1C(C)O. The third-order valence-electron chi connectivity index (χ3n) is 4.95. The van der Waals surface area contributed by atoms with Gasteiger partial charge in [-0.25, -0.2) is 0 Å². The lowest BCUT2D eigenvalue weighted by molar-refractivity contribution is -0.149. The molecule has 2 aliphatic heterocycles. The summed E-state index contributed by atoms with van der Waals surface area (Å²) >= 11 is 0. The average Bonchev–Trinajstić information content (AvgIpc) is 2.42. The number of likely N-dealkylation sites (tertiary alicyclic amines) is 1. The van der Waals surface area contributed by atoms with Gasteiger partial charge in [-0.1, -0.05) is 6.92 Å². The summed E-state index contributed by atoms with van der Waals surface area (Å²) in [7, 11) is 4.14. The van der Waals surface area contributed by atoms with Gasteiger partial charge in [0.1, 0.15) is 0 Å². The van der Waals surface area contributed by atoms with Crippen molar-refractivity contribution >= 4 is 11.8 Å². The molecular formula is C15H27N3O3. The Labute approximate surface area is 126 Å². The number of carbonyl (C=O) groups excluding carboxylic acids is 2. The summed E-state index contributed by atoms with van der Waals surface area (Å²) in [5.41, 5.74) is 0. The molecule has 0 bridgehead atoms. The lowest BCUT2D eigenvalue weighted by Gasteiger charge is -2.43. The van der Waals surface area contributed by atoms with Crippen molar-refractivity contribution in [3.63, 3.8) is 0 Å². The Kier molecular flexibility index (Phi) is 4.88. The van der Waals surface area contributed by atoms with Crippen LogP contribution in [0.1, 0.15) is 26.7 Å². The van der Waals surface area contributed by atoms with E-state index in [1.54, 1.807) is 6.92 Å². The molecule has 2 N–H and O–H groups in total. The highest BCUT2D eigenvalue weighted by Gasteiger charge is 2.47. The number of amides is 2. The first-order valence-corrected chi connectivity index (χ1v) is 7.76. The van der Waals surface area contributed by atoms with Crippen LogP contribution in [-0.2, 0) is 9.59 Å². The van der Waals surface area contributed by atoms with Gasteiger partial charge >= 0.3 is 0 Å². The monoisotopic (exact) mass is 297 g/mol. The Hall–Kier alpha value is -1.14. The van der Waals surface area contributed by atoms with Crippen LogP contribution in [0.25, 0.3) is 0 Å². The summed E-state index contributed by atoms with van der Waals surface area (Å²) in [5.74, 6) is -0.801. The van der Waals surface area contributed by atoms with Gasteiger partial charge in [0.05, 0.1) is 24.0 Å². The zero-order chi connectivity index (χ0) is 15.7. The normalized spacial score (nSPS) is 29.8. The molecule has 4 atom stereocenters. The number of carbonyl (C=O) groups is 2. The summed E-state index contributed by atoms with van der Waals surface area (Å²) in [4.78, 5) is 28.2. The summed E-state index contributed by atoms with van der Waals surface area (Å²) in [6.45, 7) is 4.99. The van der Waals surface area contributed by atoms with E-state index in [1.165, 1.54) is 0 Å². The molecule has 2 rings (SSSR count). The van der Waals surface area contributed by atoms with Gasteiger partial charge in [-0.05, 0) is 33.9 Å². The van der Waals surface area contributed by atoms with E-state index in [1.807, 2.05) is 11.8 Å². The second-order valence-corrected chi connectivity index (χ2v) is 6.61. The predicted molar refractivity (Wildman–Crippen MR) is 79.6 cm³/mol. The second kappa shape index (κ2) is 6.32. The van der Waals surface area contributed by atoms with E-state index in [4.69, 9.17) is 0 Å². The summed E-state index contributed by atoms with van der Waals surface area (Å²) in [6, 6.07) is 0.301. The molecule has 0 aromatic carbocycles. The first kappa shape index (κ1) is 16.2. The van der Waals surface area contributed by atoms with Crippen molar-refractivity contribution in [2.45, 2.75) is 44.9 Å². The number of aliphatic hydroxyl groups excluding tert-OH is 1. The van der Waals surface area contributed by atoms with Crippen molar-refractivity contribution in [3.05, 3.63) is 0 Å². The van der Waals surface area contributed by atoms with Crippen LogP contribution in [0.3, 0.4) is 0 Å². The van der Waals surface area contributed by atoms with Crippen LogP contribution in [0.4, 0.5) is 0 Å². The number of hydrogen-bond acceptors (Lipinski definition) is 4. The first-order valence-electron chi connectivity index (χ1n) is 7.76. The van der Waals surface area contributed by atoms with Crippen molar-refractivity contribution in [2.24, 2.45) is 11.8 Å². The van der Waals surface area contributed by atoms with Gasteiger partial charge in [0.15, 0.2) is 0 Å². The molecule has 2 fully saturated rings. The number of nitrogens with one attached hydrogen (secondary N) is 1. The summed E-state index contributed by atoms with van der Waals surface area (Å²) in [6.07, 6.45) is 1.27. The van der Waals surface area contributed by atoms with Crippen LogP contribution in [0.5, 0.6) is 0 Å². The highest BCUT2D eigenvalue weighted by Crippen LogP contribution is 2.27. The maximum absolute atomic E-state index is 12.6. The third-order valence-corrected chi connectivity index (χ3v) is 4.95. The largest absolute Gasteiger partial charge is 0.393 e. The van der Waals surface area contributed by atoms with Gasteiger partial charge in [0, 0.05) is 19.1 Å². The molecular weight excluding hydrogens is 270 g/mol. The zero-order valence-corrected chi connectivity index (χ0v) is 13.4. The Balaban J connectivity index is 1.90. The standard InChI is InChI=1S/C15H27N3O3/c1-9(13-12(10(2)19)14(20)16-13)15(21)18-7-5-11(6-8-18)17(3)4/h9-13,19H,5-8H2,1-4H3,(H,16,20)/t9?,10?,12-,13-/m1/s1. The third kappa shape index (κ3) is 3.21. The molecule has 0 radical (unpaired) electrons. The van der Waals surface area contributed by atoms with Crippen LogP contribution < -0.4 is 5.32 Å². The van der Waals surface area contributed by atoms with Gasteiger partial charge in [-0.15, -0.1) is 0 Å². The zero-order valence-electron chi connectivity index (χ0n) is 13.4. The van der Waals surface area contributed by atoms with E-state index in [2.05, 4.69) is 24.3 Å². The van der Waals surface area contributed by atoms with E-state index in [0.717, 1.165) is 25.9 Å². The lowest BCUT2D eigenvalue weighted by Crippen LogP contribution is -2.66. The van der Waals surface area contributed by atoms with Crippen molar-refractivity contribution in [2.75, 3.05) is 27.2 Å². The number of piperidine rings is 1. The highest BCUT2D eigenvalue weighted by molar-refractivity contribution is 5.90. The van der Waals surface area contributed by atoms with Crippen LogP contribution in [0.2, 0.25) is 0 Å². The van der Waals surface area contributed by atoms with Gasteiger partial charge in [-0.3, -0.25) is 9.59 Å². The molecule has 6 nitrogen and oxygen atoms in total. The Morgan fingerprint density at radius 1 is 1.33 bits per heavy atom. The van der Waals surface area contributed by atoms with Crippen molar-refractivity contribution in [3.8, 4) is 0 Å². The van der Waals surface area contributed by atoms with Crippen molar-refractivity contribution in [1.82, 2.24) is 15.1 Å². The van der Waals surface area contributed by atoms with E-state index in [-0.39, 0.29) is 23.8 Å². The number of hydrogen-bond donors (Lipinski definition) is 2. The molecule has 0 saturated carbocycles. The quantitative estimate of drug-likeness (QED) is 0.697. The molecule has 6 heteroatoms. The Bertz CT molecular complexity index is 403. The Morgan fingerprint density at radius 3 is 2.33 bits per heavy atom. The molecule has 2 aliphatic rings. The van der Waals surface area contributed by atoms with E-state index in [9.17, 15) is 14.7 Å². The average molecular weight is 297 g/mol. The van der Waals surface area contributed by atoms with E-state index in [0.29, 0.717) is 6.04 Å². The molecule has 0 aromatic heterocycles. The number of aliphatic hydroxyl groups is 1. The molecule has 2 unspecified atom stereocenters. The summed E-state index contributed by atoms with van der Waals surface area (Å²) < 4.78 is 0. The van der Waals surface area contributed by atoms with Crippen LogP contribution in [0, 0.1) is 11.8 Å². The smallest absolute Gasteiger partial charge is 0.228 e. The fraction of sp³-hybridized carbons (Fsp3) is 0.867. The van der Waals surface area contributed by atoms with Gasteiger partial charge in [0.2, 0.25) is 11.8 Å². The van der Waals surface area contributed by atoms with Crippen LogP contribution >= 0.6 is 0 Å². The minimum absolute atomic E-state index is 0.0860. The van der Waals surface area contributed by atoms with Crippen molar-refractivity contribution in [1.29, 1.82) is 0 Å². The molecule has 21 heavy (non-hydrogen) atoms. The topological polar surface area (TPSA) is 72.9 Å². The first-order chi connectivity index (χ1) is 9.82. The molecule has 2 saturated heterocycles. The maximum atomic E-state index is 12.6. The molecule has 0 spiro atoms. The summed E-state index contributed by atoms with van der Waals surface area (Å²) in [5, 5.41) is 12.4. The van der Waals surface area contributed by atoms with Gasteiger partial charge in [0.25, 0.3) is 0 Å². The lowest BCUT2D eigenvalue weighted by atomic mass is 9.78. The van der Waals surface area contributed by atoms with Gasteiger partial charge in [-0.2, -0.15) is 0 Å². The fourth-order valence-electron chi connectivity index (χ4n) is 3.42. The predicted octanol–water partition coefficient (Wildman–Crippen LogP) is -0.329. The van der Waals surface area contributed by atoms with Crippen LogP contribution in [-0.4, -0.2) is 72.1 Å². The highest BCUT2D eigenvalue weighted by atomic mass is 16.3. The maximum Gasteiger partial charge on any atom is 0.228 e. The molecule has 2 heterocycles. The number of rotatable bonds is 4. The Morgan fingerprint density at radius 2 is 1.90 bits per heavy atom. The minimum Gasteiger partial charge on any atom is -0.393 e. The van der Waals surface area contributed by atoms with E-state index < -0.39 is 12.0 Å². The van der Waals surface area contributed by atoms with E-state index >= 15 is 0 Å². The molecule has 0 aliphatic carbocycles. The number of nitrogens with zero attached hydrogens (tertiary/aromatic N) is 2. The minimum atomic E-state index is -0.710. The molecule has 2 amide bonds. The van der Waals surface area contributed by atoms with Crippen LogP contribution in [0.15, 0.2) is 0 Å². The second-order valence-electron chi connectivity index (χ2n) is 6.61. The molecule has 0 aromatic rings. The fourth-order valence-corrected chi connectivity index (χ4v) is 3.42. The molecule has 120 valence electrons.